The van der Waals surface area contributed by atoms with Crippen LogP contribution in [0.4, 0.5) is 4.79 Å². The number of piperidine rings is 1. The molecular weight excluding hydrogens is 376 g/mol. The molecule has 0 aromatic heterocycles. The minimum Gasteiger partial charge on any atom is -0.497 e. The molecule has 1 N–H and O–H groups in total. The van der Waals surface area contributed by atoms with Gasteiger partial charge in [-0.3, -0.25) is 0 Å². The van der Waals surface area contributed by atoms with E-state index in [-0.39, 0.29) is 23.0 Å². The second-order valence-corrected chi connectivity index (χ2v) is 11.3. The summed E-state index contributed by atoms with van der Waals surface area (Å²) < 4.78 is 11.6. The summed E-state index contributed by atoms with van der Waals surface area (Å²) in [6.45, 7) is 7.84. The molecule has 2 saturated carbocycles. The van der Waals surface area contributed by atoms with Gasteiger partial charge in [0.2, 0.25) is 0 Å². The lowest BCUT2D eigenvalue weighted by Crippen LogP contribution is -2.70. The Morgan fingerprint density at radius 2 is 2.10 bits per heavy atom. The zero-order valence-corrected chi connectivity index (χ0v) is 18.7. The molecule has 1 aromatic carbocycles. The van der Waals surface area contributed by atoms with Crippen molar-refractivity contribution in [3.63, 3.8) is 0 Å². The summed E-state index contributed by atoms with van der Waals surface area (Å²) >= 11 is 0. The number of carbonyl (C=O) groups is 1. The monoisotopic (exact) mass is 410 g/mol. The van der Waals surface area contributed by atoms with Crippen molar-refractivity contribution >= 4 is 6.09 Å². The fourth-order valence-electron chi connectivity index (χ4n) is 8.51. The van der Waals surface area contributed by atoms with Crippen molar-refractivity contribution < 1.29 is 14.3 Å². The van der Waals surface area contributed by atoms with E-state index in [0.717, 1.165) is 37.6 Å². The van der Waals surface area contributed by atoms with E-state index < -0.39 is 5.60 Å². The van der Waals surface area contributed by atoms with Gasteiger partial charge in [0.25, 0.3) is 0 Å². The van der Waals surface area contributed by atoms with Crippen molar-refractivity contribution in [3.05, 3.63) is 29.3 Å². The highest BCUT2D eigenvalue weighted by Gasteiger charge is 2.75. The average molecular weight is 411 g/mol. The van der Waals surface area contributed by atoms with Crippen LogP contribution in [0, 0.1) is 17.3 Å². The second kappa shape index (κ2) is 5.93. The Labute approximate surface area is 179 Å². The van der Waals surface area contributed by atoms with Crippen LogP contribution < -0.4 is 10.1 Å². The van der Waals surface area contributed by atoms with Crippen molar-refractivity contribution in [2.45, 2.75) is 76.0 Å². The third-order valence-corrected chi connectivity index (χ3v) is 9.17. The highest BCUT2D eigenvalue weighted by atomic mass is 16.6. The summed E-state index contributed by atoms with van der Waals surface area (Å²) in [7, 11) is 1.77. The first-order valence-corrected chi connectivity index (χ1v) is 11.7. The van der Waals surface area contributed by atoms with Gasteiger partial charge < -0.3 is 19.7 Å². The largest absolute Gasteiger partial charge is 0.497 e. The fraction of sp³-hybridized carbons (Fsp3) is 0.720. The summed E-state index contributed by atoms with van der Waals surface area (Å²) in [6.07, 6.45) is 5.55. The number of fused-ring (bicyclic) bond motifs is 1. The zero-order valence-electron chi connectivity index (χ0n) is 18.7. The number of carbonyl (C=O) groups excluding carboxylic acids is 1. The lowest BCUT2D eigenvalue weighted by Gasteiger charge is -2.65. The number of amides is 1. The Morgan fingerprint density at radius 3 is 2.87 bits per heavy atom. The maximum atomic E-state index is 13.3. The molecule has 2 aliphatic heterocycles. The maximum absolute atomic E-state index is 13.3. The fourth-order valence-corrected chi connectivity index (χ4v) is 8.51. The SMILES string of the molecule is COc1ccc2c(c1)C13CCN(C(=O)OC(C)(C)C)C(C2)C12CCC1NC[C@H](C2)C13. The van der Waals surface area contributed by atoms with E-state index in [0.29, 0.717) is 12.0 Å². The van der Waals surface area contributed by atoms with Gasteiger partial charge >= 0.3 is 6.09 Å². The summed E-state index contributed by atoms with van der Waals surface area (Å²) in [6, 6.07) is 7.56. The minimum atomic E-state index is -0.461. The number of benzene rings is 1. The Bertz CT molecular complexity index is 908. The zero-order chi connectivity index (χ0) is 20.9. The molecule has 0 radical (unpaired) electrons. The quantitative estimate of drug-likeness (QED) is 0.763. The number of hydrogen-bond acceptors (Lipinski definition) is 4. The highest BCUT2D eigenvalue weighted by molar-refractivity contribution is 5.70. The van der Waals surface area contributed by atoms with Gasteiger partial charge in [-0.05, 0) is 94.5 Å². The molecule has 5 unspecified atom stereocenters. The van der Waals surface area contributed by atoms with E-state index in [1.54, 1.807) is 7.11 Å². The lowest BCUT2D eigenvalue weighted by atomic mass is 9.44. The van der Waals surface area contributed by atoms with Gasteiger partial charge in [0.05, 0.1) is 7.11 Å². The number of ether oxygens (including phenoxy) is 2. The Kier molecular flexibility index (Phi) is 3.75. The van der Waals surface area contributed by atoms with Crippen LogP contribution >= 0.6 is 0 Å². The average Bonchev–Trinajstić information content (AvgIpc) is 3.16. The first kappa shape index (κ1) is 19.0. The van der Waals surface area contributed by atoms with Crippen LogP contribution in [-0.4, -0.2) is 48.9 Å². The molecule has 30 heavy (non-hydrogen) atoms. The number of nitrogens with one attached hydrogen (secondary N) is 1. The van der Waals surface area contributed by atoms with Crippen LogP contribution in [0.2, 0.25) is 0 Å². The Hall–Kier alpha value is -1.75. The molecule has 3 aliphatic carbocycles. The van der Waals surface area contributed by atoms with Gasteiger partial charge in [-0.25, -0.2) is 4.79 Å². The van der Waals surface area contributed by atoms with Crippen LogP contribution in [0.3, 0.4) is 0 Å². The predicted molar refractivity (Wildman–Crippen MR) is 115 cm³/mol. The molecule has 4 fully saturated rings. The molecule has 2 saturated heterocycles. The van der Waals surface area contributed by atoms with E-state index in [1.807, 2.05) is 20.8 Å². The molecule has 2 heterocycles. The number of methoxy groups -OCH3 is 1. The number of hydrogen-bond donors (Lipinski definition) is 1. The van der Waals surface area contributed by atoms with Crippen molar-refractivity contribution in [3.8, 4) is 5.75 Å². The van der Waals surface area contributed by atoms with Crippen molar-refractivity contribution in [1.82, 2.24) is 10.2 Å². The Balaban J connectivity index is 1.51. The van der Waals surface area contributed by atoms with Gasteiger partial charge in [-0.2, -0.15) is 0 Å². The van der Waals surface area contributed by atoms with Crippen LogP contribution in [0.15, 0.2) is 18.2 Å². The molecule has 5 nitrogen and oxygen atoms in total. The molecule has 0 spiro atoms. The molecule has 4 bridgehead atoms. The number of nitrogens with zero attached hydrogens (tertiary/aromatic N) is 1. The number of likely N-dealkylation sites (tertiary alicyclic amines) is 1. The molecule has 6 rings (SSSR count). The highest BCUT2D eigenvalue weighted by Crippen LogP contribution is 2.74. The van der Waals surface area contributed by atoms with Gasteiger partial charge in [0, 0.05) is 29.5 Å². The summed E-state index contributed by atoms with van der Waals surface area (Å²) in [5.41, 5.74) is 2.82. The summed E-state index contributed by atoms with van der Waals surface area (Å²) in [5.74, 6) is 2.37. The van der Waals surface area contributed by atoms with Gasteiger partial charge in [0.1, 0.15) is 11.4 Å². The maximum Gasteiger partial charge on any atom is 0.410 e. The molecule has 5 heteroatoms. The first-order chi connectivity index (χ1) is 14.3. The summed E-state index contributed by atoms with van der Waals surface area (Å²) in [4.78, 5) is 15.4. The molecule has 1 amide bonds. The molecule has 5 aliphatic rings. The standard InChI is InChI=1S/C25H34N2O3/c1-23(2,3)30-22(28)27-10-9-25-18-12-17(29-4)6-5-15(18)11-20(27)24(25)8-7-19-21(25)16(13-24)14-26-19/h5-6,12,16,19-21,26H,7-11,13-14H2,1-4H3/t16-,19?,20?,21?,24?,25?/m0/s1. The second-order valence-electron chi connectivity index (χ2n) is 11.3. The normalized spacial score (nSPS) is 40.6. The van der Waals surface area contributed by atoms with Crippen LogP contribution in [-0.2, 0) is 16.6 Å². The van der Waals surface area contributed by atoms with E-state index in [1.165, 1.54) is 30.4 Å². The van der Waals surface area contributed by atoms with Crippen LogP contribution in [0.1, 0.15) is 57.6 Å². The van der Waals surface area contributed by atoms with Crippen molar-refractivity contribution in [1.29, 1.82) is 0 Å². The smallest absolute Gasteiger partial charge is 0.410 e. The van der Waals surface area contributed by atoms with Crippen molar-refractivity contribution in [2.75, 3.05) is 20.2 Å². The van der Waals surface area contributed by atoms with Gasteiger partial charge in [-0.15, -0.1) is 0 Å². The summed E-state index contributed by atoms with van der Waals surface area (Å²) in [5, 5.41) is 3.86. The third-order valence-electron chi connectivity index (χ3n) is 9.17. The Morgan fingerprint density at radius 1 is 1.27 bits per heavy atom. The van der Waals surface area contributed by atoms with Gasteiger partial charge in [0.15, 0.2) is 0 Å². The molecule has 162 valence electrons. The molecule has 1 aromatic rings. The van der Waals surface area contributed by atoms with E-state index in [9.17, 15) is 4.79 Å². The first-order valence-electron chi connectivity index (χ1n) is 11.7. The topological polar surface area (TPSA) is 50.8 Å². The molecular formula is C25H34N2O3. The molecule has 6 atom stereocenters. The van der Waals surface area contributed by atoms with E-state index >= 15 is 0 Å². The van der Waals surface area contributed by atoms with Gasteiger partial charge in [-0.1, -0.05) is 6.07 Å². The van der Waals surface area contributed by atoms with Crippen LogP contribution in [0.5, 0.6) is 5.75 Å². The minimum absolute atomic E-state index is 0.121. The van der Waals surface area contributed by atoms with Crippen molar-refractivity contribution in [2.24, 2.45) is 17.3 Å². The number of rotatable bonds is 1. The van der Waals surface area contributed by atoms with Crippen LogP contribution in [0.25, 0.3) is 0 Å². The third kappa shape index (κ3) is 2.20. The lowest BCUT2D eigenvalue weighted by molar-refractivity contribution is -0.0936. The van der Waals surface area contributed by atoms with E-state index in [2.05, 4.69) is 28.4 Å². The predicted octanol–water partition coefficient (Wildman–Crippen LogP) is 3.89. The van der Waals surface area contributed by atoms with E-state index in [4.69, 9.17) is 9.47 Å².